The van der Waals surface area contributed by atoms with E-state index in [4.69, 9.17) is 30.5 Å². The van der Waals surface area contributed by atoms with E-state index in [1.54, 1.807) is 20.3 Å². The SMILES string of the molecule is COc1cc2c(Cl)c(CO)c(CO)c(-c3ccc4c(c3)OCO4)c2cc1OC. The number of hydrogen-bond donors (Lipinski definition) is 2. The number of methoxy groups -OCH3 is 2. The van der Waals surface area contributed by atoms with Crippen LogP contribution in [0, 0.1) is 0 Å². The number of hydrogen-bond acceptors (Lipinski definition) is 6. The molecule has 0 aromatic heterocycles. The molecule has 0 radical (unpaired) electrons. The maximum Gasteiger partial charge on any atom is 0.231 e. The summed E-state index contributed by atoms with van der Waals surface area (Å²) in [5.41, 5.74) is 2.56. The van der Waals surface area contributed by atoms with Gasteiger partial charge in [0, 0.05) is 10.9 Å². The Balaban J connectivity index is 2.11. The van der Waals surface area contributed by atoms with Crippen LogP contribution in [-0.4, -0.2) is 31.2 Å². The number of rotatable bonds is 5. The van der Waals surface area contributed by atoms with Gasteiger partial charge in [-0.15, -0.1) is 0 Å². The molecule has 3 aromatic rings. The van der Waals surface area contributed by atoms with Gasteiger partial charge in [-0.1, -0.05) is 17.7 Å². The lowest BCUT2D eigenvalue weighted by Gasteiger charge is -2.20. The standard InChI is InChI=1S/C21H19ClO6/c1-25-17-6-12-13(7-18(17)26-2)21(22)15(9-24)14(8-23)20(12)11-3-4-16-19(5-11)28-10-27-16/h3-7,23-24H,8-10H2,1-2H3. The predicted octanol–water partition coefficient (Wildman–Crippen LogP) is 3.89. The van der Waals surface area contributed by atoms with Gasteiger partial charge in [0.05, 0.1) is 32.5 Å². The van der Waals surface area contributed by atoms with Gasteiger partial charge >= 0.3 is 0 Å². The summed E-state index contributed by atoms with van der Waals surface area (Å²) in [5.74, 6) is 2.34. The van der Waals surface area contributed by atoms with E-state index in [2.05, 4.69) is 0 Å². The van der Waals surface area contributed by atoms with E-state index in [0.29, 0.717) is 44.5 Å². The smallest absolute Gasteiger partial charge is 0.231 e. The fourth-order valence-electron chi connectivity index (χ4n) is 3.60. The fourth-order valence-corrected chi connectivity index (χ4v) is 3.93. The number of fused-ring (bicyclic) bond motifs is 2. The van der Waals surface area contributed by atoms with Gasteiger partial charge in [0.15, 0.2) is 23.0 Å². The zero-order chi connectivity index (χ0) is 19.8. The van der Waals surface area contributed by atoms with Crippen LogP contribution in [0.1, 0.15) is 11.1 Å². The molecule has 0 saturated carbocycles. The Morgan fingerprint density at radius 2 is 1.54 bits per heavy atom. The number of aliphatic hydroxyl groups is 2. The first-order chi connectivity index (χ1) is 13.6. The molecule has 7 heteroatoms. The summed E-state index contributed by atoms with van der Waals surface area (Å²) >= 11 is 6.59. The average molecular weight is 403 g/mol. The Labute approximate surface area is 166 Å². The van der Waals surface area contributed by atoms with Crippen molar-refractivity contribution >= 4 is 22.4 Å². The molecule has 1 aliphatic heterocycles. The molecule has 146 valence electrons. The second-order valence-corrected chi connectivity index (χ2v) is 6.66. The van der Waals surface area contributed by atoms with Crippen LogP contribution in [0.2, 0.25) is 5.02 Å². The molecule has 28 heavy (non-hydrogen) atoms. The minimum atomic E-state index is -0.309. The Morgan fingerprint density at radius 3 is 2.18 bits per heavy atom. The zero-order valence-electron chi connectivity index (χ0n) is 15.4. The van der Waals surface area contributed by atoms with E-state index >= 15 is 0 Å². The lowest BCUT2D eigenvalue weighted by Crippen LogP contribution is -2.02. The summed E-state index contributed by atoms with van der Waals surface area (Å²) in [6.07, 6.45) is 0. The molecule has 6 nitrogen and oxygen atoms in total. The fraction of sp³-hybridized carbons (Fsp3) is 0.238. The van der Waals surface area contributed by atoms with Crippen molar-refractivity contribution in [2.75, 3.05) is 21.0 Å². The van der Waals surface area contributed by atoms with Gasteiger partial charge in [0.2, 0.25) is 6.79 Å². The molecule has 0 unspecified atom stereocenters. The summed E-state index contributed by atoms with van der Waals surface area (Å²) in [6, 6.07) is 9.14. The van der Waals surface area contributed by atoms with E-state index in [9.17, 15) is 10.2 Å². The highest BCUT2D eigenvalue weighted by molar-refractivity contribution is 6.37. The van der Waals surface area contributed by atoms with Crippen LogP contribution in [0.15, 0.2) is 30.3 Å². The first kappa shape index (κ1) is 18.7. The van der Waals surface area contributed by atoms with Crippen molar-refractivity contribution in [1.29, 1.82) is 0 Å². The molecule has 0 bridgehead atoms. The largest absolute Gasteiger partial charge is 0.493 e. The van der Waals surface area contributed by atoms with Gasteiger partial charge in [0.25, 0.3) is 0 Å². The zero-order valence-corrected chi connectivity index (χ0v) is 16.2. The third kappa shape index (κ3) is 2.81. The van der Waals surface area contributed by atoms with Crippen LogP contribution in [0.25, 0.3) is 21.9 Å². The highest BCUT2D eigenvalue weighted by atomic mass is 35.5. The predicted molar refractivity (Wildman–Crippen MR) is 105 cm³/mol. The summed E-state index contributed by atoms with van der Waals surface area (Å²) in [5, 5.41) is 21.9. The molecular formula is C21H19ClO6. The number of aliphatic hydroxyl groups excluding tert-OH is 2. The minimum Gasteiger partial charge on any atom is -0.493 e. The van der Waals surface area contributed by atoms with Crippen LogP contribution < -0.4 is 18.9 Å². The normalized spacial score (nSPS) is 12.5. The first-order valence-electron chi connectivity index (χ1n) is 8.63. The molecule has 0 saturated heterocycles. The van der Waals surface area contributed by atoms with Crippen LogP contribution in [-0.2, 0) is 13.2 Å². The van der Waals surface area contributed by atoms with Crippen LogP contribution >= 0.6 is 11.6 Å². The van der Waals surface area contributed by atoms with E-state index < -0.39 is 0 Å². The Morgan fingerprint density at radius 1 is 0.893 bits per heavy atom. The molecular weight excluding hydrogens is 384 g/mol. The number of benzene rings is 3. The third-order valence-electron chi connectivity index (χ3n) is 4.94. The first-order valence-corrected chi connectivity index (χ1v) is 9.01. The summed E-state index contributed by atoms with van der Waals surface area (Å²) in [4.78, 5) is 0. The third-order valence-corrected chi connectivity index (χ3v) is 5.37. The van der Waals surface area contributed by atoms with E-state index in [1.807, 2.05) is 24.3 Å². The average Bonchev–Trinajstić information content (AvgIpc) is 3.20. The molecule has 1 heterocycles. The molecule has 0 spiro atoms. The Bertz CT molecular complexity index is 1060. The van der Waals surface area contributed by atoms with Crippen LogP contribution in [0.3, 0.4) is 0 Å². The van der Waals surface area contributed by atoms with Crippen molar-refractivity contribution in [3.63, 3.8) is 0 Å². The molecule has 0 atom stereocenters. The van der Waals surface area contributed by atoms with Crippen LogP contribution in [0.4, 0.5) is 0 Å². The van der Waals surface area contributed by atoms with Crippen molar-refractivity contribution < 1.29 is 29.2 Å². The Kier molecular flexibility index (Phi) is 4.93. The maximum atomic E-state index is 10.1. The number of ether oxygens (including phenoxy) is 4. The van der Waals surface area contributed by atoms with Gasteiger partial charge in [-0.2, -0.15) is 0 Å². The molecule has 0 aliphatic carbocycles. The quantitative estimate of drug-likeness (QED) is 0.674. The molecule has 4 rings (SSSR count). The van der Waals surface area contributed by atoms with Gasteiger partial charge in [0.1, 0.15) is 0 Å². The van der Waals surface area contributed by atoms with Crippen molar-refractivity contribution in [3.05, 3.63) is 46.5 Å². The second kappa shape index (κ2) is 7.39. The molecule has 0 amide bonds. The van der Waals surface area contributed by atoms with Crippen molar-refractivity contribution in [3.8, 4) is 34.1 Å². The lowest BCUT2D eigenvalue weighted by atomic mass is 9.89. The number of halogens is 1. The minimum absolute atomic E-state index is 0.167. The maximum absolute atomic E-state index is 10.1. The second-order valence-electron chi connectivity index (χ2n) is 6.28. The van der Waals surface area contributed by atoms with Crippen molar-refractivity contribution in [1.82, 2.24) is 0 Å². The molecule has 3 aromatic carbocycles. The van der Waals surface area contributed by atoms with Gasteiger partial charge < -0.3 is 29.2 Å². The highest BCUT2D eigenvalue weighted by Gasteiger charge is 2.23. The van der Waals surface area contributed by atoms with Crippen molar-refractivity contribution in [2.24, 2.45) is 0 Å². The van der Waals surface area contributed by atoms with E-state index in [1.165, 1.54) is 0 Å². The molecule has 0 fully saturated rings. The van der Waals surface area contributed by atoms with E-state index in [0.717, 1.165) is 16.5 Å². The highest BCUT2D eigenvalue weighted by Crippen LogP contribution is 2.46. The lowest BCUT2D eigenvalue weighted by molar-refractivity contribution is 0.174. The molecule has 1 aliphatic rings. The monoisotopic (exact) mass is 402 g/mol. The summed E-state index contributed by atoms with van der Waals surface area (Å²) < 4.78 is 21.8. The van der Waals surface area contributed by atoms with Gasteiger partial charge in [-0.25, -0.2) is 0 Å². The summed E-state index contributed by atoms with van der Waals surface area (Å²) in [6.45, 7) is -0.430. The van der Waals surface area contributed by atoms with Crippen LogP contribution in [0.5, 0.6) is 23.0 Å². The topological polar surface area (TPSA) is 77.4 Å². The van der Waals surface area contributed by atoms with E-state index in [-0.39, 0.29) is 20.0 Å². The van der Waals surface area contributed by atoms with Crippen molar-refractivity contribution in [2.45, 2.75) is 13.2 Å². The van der Waals surface area contributed by atoms with Gasteiger partial charge in [-0.05, 0) is 46.3 Å². The Hall–Kier alpha value is -2.67. The van der Waals surface area contributed by atoms with Gasteiger partial charge in [-0.3, -0.25) is 0 Å². The summed E-state index contributed by atoms with van der Waals surface area (Å²) in [7, 11) is 3.10. The molecule has 2 N–H and O–H groups in total.